The first-order valence-corrected chi connectivity index (χ1v) is 13.6. The fourth-order valence-electron chi connectivity index (χ4n) is 5.18. The number of hydrogen-bond acceptors (Lipinski definition) is 6. The summed E-state index contributed by atoms with van der Waals surface area (Å²) in [5.74, 6) is -1.82. The Morgan fingerprint density at radius 3 is 2.48 bits per heavy atom. The molecule has 2 aliphatic rings. The van der Waals surface area contributed by atoms with Crippen LogP contribution in [0.3, 0.4) is 0 Å². The molecule has 0 radical (unpaired) electrons. The molecule has 0 unspecified atom stereocenters. The number of fused-ring (bicyclic) bond motifs is 3. The number of nitriles is 1. The van der Waals surface area contributed by atoms with Gasteiger partial charge in [0.15, 0.2) is 0 Å². The first-order valence-electron chi connectivity index (χ1n) is 12.1. The molecule has 13 heteroatoms. The summed E-state index contributed by atoms with van der Waals surface area (Å²) in [4.78, 5) is 14.3. The third-order valence-corrected chi connectivity index (χ3v) is 8.81. The highest BCUT2D eigenvalue weighted by atomic mass is 32.2. The van der Waals surface area contributed by atoms with Gasteiger partial charge in [0.1, 0.15) is 11.9 Å². The molecule has 0 saturated carbocycles. The van der Waals surface area contributed by atoms with Crippen LogP contribution in [0.5, 0.6) is 0 Å². The zero-order chi connectivity index (χ0) is 28.8. The van der Waals surface area contributed by atoms with Gasteiger partial charge in [0.25, 0.3) is 10.0 Å². The fourth-order valence-corrected chi connectivity index (χ4v) is 6.73. The number of rotatable bonds is 5. The average Bonchev–Trinajstić information content (AvgIpc) is 2.91. The first-order chi connectivity index (χ1) is 18.9. The lowest BCUT2D eigenvalue weighted by Gasteiger charge is -2.49. The van der Waals surface area contributed by atoms with Crippen LogP contribution in [0.25, 0.3) is 11.1 Å². The van der Waals surface area contributed by atoms with Crippen molar-refractivity contribution in [3.05, 3.63) is 77.6 Å². The van der Waals surface area contributed by atoms with Gasteiger partial charge in [0.05, 0.1) is 46.5 Å². The van der Waals surface area contributed by atoms with Crippen LogP contribution in [-0.4, -0.2) is 63.2 Å². The summed E-state index contributed by atoms with van der Waals surface area (Å²) in [7, 11) is -4.55. The summed E-state index contributed by atoms with van der Waals surface area (Å²) < 4.78 is 84.1. The van der Waals surface area contributed by atoms with Crippen LogP contribution in [-0.2, 0) is 21.0 Å². The van der Waals surface area contributed by atoms with E-state index in [2.05, 4.69) is 0 Å². The third-order valence-electron chi connectivity index (χ3n) is 7.04. The number of nitrogens with zero attached hydrogens (tertiary/aromatic N) is 4. The Bertz CT molecular complexity index is 1640. The molecule has 2 aliphatic heterocycles. The fraction of sp³-hybridized carbons (Fsp3) is 0.259. The van der Waals surface area contributed by atoms with Gasteiger partial charge in [-0.25, -0.2) is 12.8 Å². The third kappa shape index (κ3) is 4.96. The van der Waals surface area contributed by atoms with Gasteiger partial charge in [0, 0.05) is 25.2 Å². The van der Waals surface area contributed by atoms with Gasteiger partial charge in [-0.3, -0.25) is 14.0 Å². The first kappa shape index (κ1) is 27.4. The van der Waals surface area contributed by atoms with Gasteiger partial charge in [-0.2, -0.15) is 18.4 Å². The van der Waals surface area contributed by atoms with E-state index in [1.807, 2.05) is 4.90 Å². The molecule has 3 aromatic rings. The van der Waals surface area contributed by atoms with E-state index in [-0.39, 0.29) is 42.0 Å². The Labute approximate surface area is 227 Å². The summed E-state index contributed by atoms with van der Waals surface area (Å²) in [6, 6.07) is 13.6. The number of sulfonamides is 1. The molecule has 1 atom stereocenters. The van der Waals surface area contributed by atoms with Crippen LogP contribution in [0.15, 0.2) is 65.6 Å². The van der Waals surface area contributed by atoms with Crippen molar-refractivity contribution in [1.29, 1.82) is 5.26 Å². The Kier molecular flexibility index (Phi) is 6.93. The van der Waals surface area contributed by atoms with Crippen molar-refractivity contribution in [1.82, 2.24) is 4.90 Å². The molecular weight excluding hydrogens is 552 g/mol. The van der Waals surface area contributed by atoms with Crippen LogP contribution < -0.4 is 9.21 Å². The molecule has 0 bridgehead atoms. The largest absolute Gasteiger partial charge is 0.480 e. The summed E-state index contributed by atoms with van der Waals surface area (Å²) in [5, 5.41) is 18.5. The van der Waals surface area contributed by atoms with Gasteiger partial charge >= 0.3 is 12.1 Å². The van der Waals surface area contributed by atoms with Gasteiger partial charge in [-0.1, -0.05) is 24.3 Å². The molecule has 0 aliphatic carbocycles. The van der Waals surface area contributed by atoms with Crippen molar-refractivity contribution in [2.45, 2.75) is 17.1 Å². The second kappa shape index (κ2) is 10.1. The van der Waals surface area contributed by atoms with Crippen LogP contribution in [0, 0.1) is 17.1 Å². The molecule has 1 N–H and O–H groups in total. The molecule has 0 amide bonds. The smallest absolute Gasteiger partial charge is 0.416 e. The van der Waals surface area contributed by atoms with Crippen molar-refractivity contribution in [2.75, 3.05) is 41.9 Å². The Balaban J connectivity index is 1.64. The zero-order valence-electron chi connectivity index (χ0n) is 20.8. The number of piperazine rings is 1. The highest BCUT2D eigenvalue weighted by Crippen LogP contribution is 2.43. The molecule has 40 heavy (non-hydrogen) atoms. The number of benzene rings is 3. The normalized spacial score (nSPS) is 17.6. The van der Waals surface area contributed by atoms with Crippen LogP contribution in [0.2, 0.25) is 0 Å². The monoisotopic (exact) mass is 574 g/mol. The number of anilines is 2. The molecule has 0 spiro atoms. The van der Waals surface area contributed by atoms with E-state index >= 15 is 4.39 Å². The minimum atomic E-state index is -4.76. The quantitative estimate of drug-likeness (QED) is 0.456. The molecule has 3 aromatic carbocycles. The molecular formula is C27H22F4N4O4S. The van der Waals surface area contributed by atoms with Gasteiger partial charge in [0.2, 0.25) is 0 Å². The van der Waals surface area contributed by atoms with Crippen molar-refractivity contribution < 1.29 is 35.9 Å². The standard InChI is InChI=1S/C27H22F4N4O4S/c28-26-18(13-32)3-1-6-22(26)17-7-8-23-24(11-17)35(15-20-14-33(16-25(36)37)9-10-34(20)23)40(38,39)21-5-2-4-19(12-21)27(29,30)31/h1-8,11-12,20H,9-10,14-16H2,(H,36,37)/t20-/m0/s1. The van der Waals surface area contributed by atoms with Gasteiger partial charge in [-0.05, 0) is 42.0 Å². The number of carboxylic acid groups (broad SMARTS) is 1. The van der Waals surface area contributed by atoms with Crippen molar-refractivity contribution in [3.63, 3.8) is 0 Å². The topological polar surface area (TPSA) is 105 Å². The lowest BCUT2D eigenvalue weighted by molar-refractivity contribution is -0.139. The zero-order valence-corrected chi connectivity index (χ0v) is 21.6. The molecule has 1 saturated heterocycles. The molecule has 1 fully saturated rings. The molecule has 208 valence electrons. The minimum Gasteiger partial charge on any atom is -0.480 e. The number of aliphatic carboxylic acids is 1. The number of hydrogen-bond donors (Lipinski definition) is 1. The molecule has 0 aromatic heterocycles. The summed E-state index contributed by atoms with van der Waals surface area (Å²) >= 11 is 0. The van der Waals surface area contributed by atoms with Crippen LogP contribution in [0.1, 0.15) is 11.1 Å². The lowest BCUT2D eigenvalue weighted by Crippen LogP contribution is -2.61. The Hall–Kier alpha value is -4.15. The molecule has 5 rings (SSSR count). The van der Waals surface area contributed by atoms with E-state index in [1.54, 1.807) is 23.1 Å². The maximum Gasteiger partial charge on any atom is 0.416 e. The van der Waals surface area contributed by atoms with Crippen molar-refractivity contribution >= 4 is 27.4 Å². The van der Waals surface area contributed by atoms with Crippen molar-refractivity contribution in [2.24, 2.45) is 0 Å². The predicted octanol–water partition coefficient (Wildman–Crippen LogP) is 4.17. The Morgan fingerprint density at radius 2 is 1.77 bits per heavy atom. The van der Waals surface area contributed by atoms with E-state index in [0.29, 0.717) is 24.8 Å². The van der Waals surface area contributed by atoms with Gasteiger partial charge < -0.3 is 10.0 Å². The average molecular weight is 575 g/mol. The van der Waals surface area contributed by atoms with E-state index in [0.717, 1.165) is 22.5 Å². The van der Waals surface area contributed by atoms with E-state index in [4.69, 9.17) is 0 Å². The maximum absolute atomic E-state index is 15.0. The van der Waals surface area contributed by atoms with Crippen LogP contribution >= 0.6 is 0 Å². The highest BCUT2D eigenvalue weighted by Gasteiger charge is 2.41. The second-order valence-electron chi connectivity index (χ2n) is 9.52. The Morgan fingerprint density at radius 1 is 1.02 bits per heavy atom. The number of carboxylic acids is 1. The van der Waals surface area contributed by atoms with Gasteiger partial charge in [-0.15, -0.1) is 0 Å². The number of alkyl halides is 3. The number of carbonyl (C=O) groups is 1. The molecule has 8 nitrogen and oxygen atoms in total. The maximum atomic E-state index is 15.0. The SMILES string of the molecule is N#Cc1cccc(-c2ccc3c(c2)N(S(=O)(=O)c2cccc(C(F)(F)F)c2)C[C@@H]2CN(CC(=O)O)CCN32)c1F. The lowest BCUT2D eigenvalue weighted by atomic mass is 9.98. The minimum absolute atomic E-state index is 0.0617. The van der Waals surface area contributed by atoms with E-state index in [9.17, 15) is 36.8 Å². The molecule has 2 heterocycles. The van der Waals surface area contributed by atoms with Crippen LogP contribution in [0.4, 0.5) is 28.9 Å². The summed E-state index contributed by atoms with van der Waals surface area (Å²) in [5.41, 5.74) is -0.380. The summed E-state index contributed by atoms with van der Waals surface area (Å²) in [6.45, 7) is 0.557. The highest BCUT2D eigenvalue weighted by molar-refractivity contribution is 7.92. The summed E-state index contributed by atoms with van der Waals surface area (Å²) in [6.07, 6.45) is -4.76. The second-order valence-corrected chi connectivity index (χ2v) is 11.4. The van der Waals surface area contributed by atoms with Crippen molar-refractivity contribution in [3.8, 4) is 17.2 Å². The predicted molar refractivity (Wildman–Crippen MR) is 138 cm³/mol. The van der Waals surface area contributed by atoms with E-state index < -0.39 is 44.5 Å². The number of halogens is 4. The van der Waals surface area contributed by atoms with E-state index in [1.165, 1.54) is 24.3 Å².